The van der Waals surface area contributed by atoms with Crippen molar-refractivity contribution >= 4 is 30.3 Å². The monoisotopic (exact) mass is 487 g/mol. The Hall–Kier alpha value is -1.80. The van der Waals surface area contributed by atoms with Crippen LogP contribution in [0.3, 0.4) is 0 Å². The van der Waals surface area contributed by atoms with Crippen LogP contribution < -0.4 is 10.6 Å². The number of carboxylic acids is 1. The zero-order valence-electron chi connectivity index (χ0n) is 19.9. The maximum absolute atomic E-state index is 13.4. The lowest BCUT2D eigenvalue weighted by Crippen LogP contribution is -2.61. The van der Waals surface area contributed by atoms with Gasteiger partial charge in [0, 0.05) is 17.0 Å². The molecule has 5 saturated carbocycles. The number of aryl methyl sites for hydroxylation is 1. The number of carbonyl (C=O) groups is 2. The average Bonchev–Trinajstić information content (AvgIpc) is 2.77. The summed E-state index contributed by atoms with van der Waals surface area (Å²) in [6.45, 7) is 2.08. The Bertz CT molecular complexity index is 946. The van der Waals surface area contributed by atoms with Crippen molar-refractivity contribution in [2.45, 2.75) is 100 Å². The van der Waals surface area contributed by atoms with Gasteiger partial charge >= 0.3 is 5.97 Å². The zero-order valence-corrected chi connectivity index (χ0v) is 20.8. The fraction of sp³-hybridized carbons (Fsp3) is 0.731. The van der Waals surface area contributed by atoms with E-state index in [1.807, 2.05) is 6.07 Å². The number of aliphatic carboxylic acids is 1. The Kier molecular flexibility index (Phi) is 6.57. The van der Waals surface area contributed by atoms with Crippen LogP contribution in [0.1, 0.15) is 87.2 Å². The number of hydrogen-bond donors (Lipinski definition) is 5. The molecule has 5 aliphatic carbocycles. The first-order valence-corrected chi connectivity index (χ1v) is 13.4. The molecule has 1 heterocycles. The van der Waals surface area contributed by atoms with Crippen LogP contribution in [-0.4, -0.2) is 44.8 Å². The molecule has 5 aliphatic rings. The number of amides is 1. The Labute approximate surface area is 206 Å². The number of aliphatic hydroxyl groups is 1. The highest BCUT2D eigenvalue weighted by molar-refractivity contribution is 7.80. The van der Waals surface area contributed by atoms with Crippen LogP contribution in [0.4, 0.5) is 5.82 Å². The molecule has 0 saturated heterocycles. The Morgan fingerprint density at radius 2 is 1.82 bits per heavy atom. The predicted molar refractivity (Wildman–Crippen MR) is 132 cm³/mol. The quantitative estimate of drug-likeness (QED) is 0.371. The smallest absolute Gasteiger partial charge is 0.306 e. The van der Waals surface area contributed by atoms with Crippen LogP contribution in [0, 0.1) is 23.7 Å². The second-order valence-electron chi connectivity index (χ2n) is 11.3. The van der Waals surface area contributed by atoms with Crippen molar-refractivity contribution in [2.75, 3.05) is 5.32 Å². The van der Waals surface area contributed by atoms with Gasteiger partial charge in [-0.15, -0.1) is 12.6 Å². The van der Waals surface area contributed by atoms with Gasteiger partial charge in [-0.05, 0) is 88.0 Å². The number of nitrogens with zero attached hydrogens (tertiary/aromatic N) is 1. The lowest BCUT2D eigenvalue weighted by Gasteiger charge is -2.58. The van der Waals surface area contributed by atoms with E-state index in [1.54, 1.807) is 0 Å². The topological polar surface area (TPSA) is 112 Å². The first kappa shape index (κ1) is 23.9. The van der Waals surface area contributed by atoms with Crippen LogP contribution in [0.15, 0.2) is 11.0 Å². The summed E-state index contributed by atoms with van der Waals surface area (Å²) < 4.78 is 0. The van der Waals surface area contributed by atoms with Crippen molar-refractivity contribution in [3.05, 3.63) is 17.3 Å². The molecule has 1 amide bonds. The molecule has 0 radical (unpaired) electrons. The van der Waals surface area contributed by atoms with Crippen LogP contribution >= 0.6 is 12.6 Å². The molecule has 7 nitrogen and oxygen atoms in total. The number of aromatic nitrogens is 1. The van der Waals surface area contributed by atoms with Crippen molar-refractivity contribution in [2.24, 2.45) is 23.7 Å². The van der Waals surface area contributed by atoms with Gasteiger partial charge < -0.3 is 20.8 Å². The third-order valence-electron chi connectivity index (χ3n) is 8.77. The maximum Gasteiger partial charge on any atom is 0.306 e. The SMILES string of the molecule is CCCc1nc(NC2CCC(C(=O)O)CC2)c(S)cc1C(=O)NC1C2CC3CC1CC(O)(C3)C2. The Morgan fingerprint density at radius 1 is 1.15 bits per heavy atom. The molecule has 8 heteroatoms. The fourth-order valence-corrected chi connectivity index (χ4v) is 7.64. The van der Waals surface area contributed by atoms with Crippen molar-refractivity contribution < 1.29 is 19.8 Å². The van der Waals surface area contributed by atoms with Crippen LogP contribution in [0.5, 0.6) is 0 Å². The van der Waals surface area contributed by atoms with E-state index in [2.05, 4.69) is 30.2 Å². The molecule has 1 aromatic rings. The zero-order chi connectivity index (χ0) is 24.0. The highest BCUT2D eigenvalue weighted by Gasteiger charge is 2.55. The van der Waals surface area contributed by atoms with E-state index in [0.717, 1.165) is 57.1 Å². The summed E-state index contributed by atoms with van der Waals surface area (Å²) in [6, 6.07) is 2.14. The first-order valence-electron chi connectivity index (χ1n) is 13.0. The van der Waals surface area contributed by atoms with E-state index in [0.29, 0.717) is 53.3 Å². The van der Waals surface area contributed by atoms with E-state index < -0.39 is 11.6 Å². The third-order valence-corrected chi connectivity index (χ3v) is 9.11. The summed E-state index contributed by atoms with van der Waals surface area (Å²) in [6.07, 6.45) is 9.23. The van der Waals surface area contributed by atoms with Crippen molar-refractivity contribution in [1.29, 1.82) is 0 Å². The molecule has 0 aromatic carbocycles. The highest BCUT2D eigenvalue weighted by Crippen LogP contribution is 2.55. The van der Waals surface area contributed by atoms with E-state index >= 15 is 0 Å². The van der Waals surface area contributed by atoms with Crippen molar-refractivity contribution in [3.63, 3.8) is 0 Å². The summed E-state index contributed by atoms with van der Waals surface area (Å²) in [5, 5.41) is 26.9. The minimum atomic E-state index is -0.708. The van der Waals surface area contributed by atoms with Gasteiger partial charge in [0.2, 0.25) is 0 Å². The molecule has 186 valence electrons. The minimum absolute atomic E-state index is 0.0794. The maximum atomic E-state index is 13.4. The van der Waals surface area contributed by atoms with Crippen molar-refractivity contribution in [1.82, 2.24) is 10.3 Å². The number of anilines is 1. The summed E-state index contributed by atoms with van der Waals surface area (Å²) in [5.74, 6) is 0.964. The molecule has 34 heavy (non-hydrogen) atoms. The van der Waals surface area contributed by atoms with Crippen molar-refractivity contribution in [3.8, 4) is 0 Å². The summed E-state index contributed by atoms with van der Waals surface area (Å²) in [4.78, 5) is 30.1. The van der Waals surface area contributed by atoms with Gasteiger partial charge in [0.25, 0.3) is 5.91 Å². The Balaban J connectivity index is 1.29. The average molecular weight is 488 g/mol. The lowest BCUT2D eigenvalue weighted by atomic mass is 9.52. The summed E-state index contributed by atoms with van der Waals surface area (Å²) in [5.41, 5.74) is 0.864. The van der Waals surface area contributed by atoms with Crippen LogP contribution in [0.25, 0.3) is 0 Å². The molecular weight excluding hydrogens is 450 g/mol. The summed E-state index contributed by atoms with van der Waals surface area (Å²) >= 11 is 4.65. The summed E-state index contributed by atoms with van der Waals surface area (Å²) in [7, 11) is 0. The number of nitrogens with one attached hydrogen (secondary N) is 2. The highest BCUT2D eigenvalue weighted by atomic mass is 32.1. The molecule has 0 spiro atoms. The van der Waals surface area contributed by atoms with E-state index in [4.69, 9.17) is 4.98 Å². The normalized spacial score (nSPS) is 36.3. The number of hydrogen-bond acceptors (Lipinski definition) is 6. The van der Waals surface area contributed by atoms with Crippen LogP contribution in [-0.2, 0) is 11.2 Å². The van der Waals surface area contributed by atoms with E-state index in [9.17, 15) is 19.8 Å². The minimum Gasteiger partial charge on any atom is -0.481 e. The van der Waals surface area contributed by atoms with Gasteiger partial charge in [-0.1, -0.05) is 13.3 Å². The second-order valence-corrected chi connectivity index (χ2v) is 11.8. The molecule has 4 N–H and O–H groups in total. The van der Waals surface area contributed by atoms with Gasteiger partial charge in [0.05, 0.1) is 22.8 Å². The molecule has 4 bridgehead atoms. The fourth-order valence-electron chi connectivity index (χ4n) is 7.40. The number of thiol groups is 1. The molecular formula is C26H37N3O4S. The van der Waals surface area contributed by atoms with Gasteiger partial charge in [0.15, 0.2) is 0 Å². The molecule has 6 rings (SSSR count). The number of rotatable bonds is 7. The molecule has 5 fully saturated rings. The second kappa shape index (κ2) is 9.34. The third kappa shape index (κ3) is 4.68. The van der Waals surface area contributed by atoms with Gasteiger partial charge in [-0.25, -0.2) is 4.98 Å². The number of carboxylic acid groups (broad SMARTS) is 1. The van der Waals surface area contributed by atoms with Gasteiger partial charge in [0.1, 0.15) is 5.82 Å². The predicted octanol–water partition coefficient (Wildman–Crippen LogP) is 4.05. The van der Waals surface area contributed by atoms with E-state index in [1.165, 1.54) is 0 Å². The largest absolute Gasteiger partial charge is 0.481 e. The van der Waals surface area contributed by atoms with Gasteiger partial charge in [-0.2, -0.15) is 0 Å². The molecule has 0 aliphatic heterocycles. The molecule has 2 unspecified atom stereocenters. The number of pyridine rings is 1. The molecule has 2 atom stereocenters. The standard InChI is InChI=1S/C26H37N3O4S/c1-2-3-20-19(10-21(34)23(28-20)27-18-6-4-15(5-7-18)25(31)32)24(30)29-22-16-8-14-9-17(22)13-26(33,11-14)12-16/h10,14-18,22,33-34H,2-9,11-13H2,1H3,(H,27,28)(H,29,30)(H,31,32). The van der Waals surface area contributed by atoms with Crippen LogP contribution in [0.2, 0.25) is 0 Å². The Morgan fingerprint density at radius 3 is 2.41 bits per heavy atom. The van der Waals surface area contributed by atoms with Gasteiger partial charge in [-0.3, -0.25) is 9.59 Å². The van der Waals surface area contributed by atoms with E-state index in [-0.39, 0.29) is 23.9 Å². The molecule has 1 aromatic heterocycles. The lowest BCUT2D eigenvalue weighted by molar-refractivity contribution is -0.142. The first-order chi connectivity index (χ1) is 16.2. The number of carbonyl (C=O) groups excluding carboxylic acids is 1.